The van der Waals surface area contributed by atoms with Gasteiger partial charge in [-0.25, -0.2) is 0 Å². The Labute approximate surface area is 65.1 Å². The summed E-state index contributed by atoms with van der Waals surface area (Å²) in [5.41, 5.74) is 0. The van der Waals surface area contributed by atoms with Gasteiger partial charge in [0.2, 0.25) is 0 Å². The van der Waals surface area contributed by atoms with Crippen molar-refractivity contribution in [3.8, 4) is 0 Å². The summed E-state index contributed by atoms with van der Waals surface area (Å²) < 4.78 is 5.32. The van der Waals surface area contributed by atoms with Crippen LogP contribution in [0.15, 0.2) is 0 Å². The molecule has 1 heterocycles. The Morgan fingerprint density at radius 2 is 2.71 bits per heavy atom. The van der Waals surface area contributed by atoms with Crippen molar-refractivity contribution < 1.29 is 21.2 Å². The molecule has 0 radical (unpaired) electrons. The van der Waals surface area contributed by atoms with Crippen molar-refractivity contribution in [2.45, 2.75) is 17.3 Å². The van der Waals surface area contributed by atoms with Crippen molar-refractivity contribution in [2.75, 3.05) is 4.43 Å². The van der Waals surface area contributed by atoms with E-state index in [9.17, 15) is 0 Å². The van der Waals surface area contributed by atoms with Gasteiger partial charge in [-0.2, -0.15) is 0 Å². The van der Waals surface area contributed by atoms with Crippen molar-refractivity contribution in [1.29, 1.82) is 0 Å². The Bertz CT molecular complexity index is 78.1. The molecule has 0 aromatic heterocycles. The van der Waals surface area contributed by atoms with E-state index in [0.717, 1.165) is 3.92 Å². The molecule has 0 bridgehead atoms. The first-order valence-corrected chi connectivity index (χ1v) is 7.67. The predicted octanol–water partition coefficient (Wildman–Crippen LogP) is -1.40. The first-order chi connectivity index (χ1) is 3.39. The summed E-state index contributed by atoms with van der Waals surface area (Å²) in [6, 6.07) is 0. The number of rotatable bonds is 0. The Morgan fingerprint density at radius 3 is 3.00 bits per heavy atom. The molecule has 1 unspecified atom stereocenters. The zero-order valence-corrected chi connectivity index (χ0v) is 8.64. The fraction of sp³-hybridized carbons (Fsp3) is 0.800. The molecule has 2 heteroatoms. The van der Waals surface area contributed by atoms with Crippen LogP contribution in [-0.2, 0) is 0 Å². The minimum atomic E-state index is 0.576. The second kappa shape index (κ2) is 3.37. The topological polar surface area (TPSA) is 0 Å². The summed E-state index contributed by atoms with van der Waals surface area (Å²) in [5, 5.41) is 0. The Morgan fingerprint density at radius 1 is 1.86 bits per heavy atom. The van der Waals surface area contributed by atoms with Crippen LogP contribution in [0.5, 0.6) is 0 Å². The molecule has 1 atom stereocenters. The summed E-state index contributed by atoms with van der Waals surface area (Å²) in [4.78, 5) is 0. The van der Waals surface area contributed by atoms with Gasteiger partial charge in [-0.1, -0.05) is 0 Å². The molecule has 0 amide bonds. The summed E-state index contributed by atoms with van der Waals surface area (Å²) in [5.74, 6) is 0. The second-order valence-electron chi connectivity index (χ2n) is 1.62. The third-order valence-corrected chi connectivity index (χ3v) is 8.69. The minimum absolute atomic E-state index is 0.576. The van der Waals surface area contributed by atoms with E-state index in [-0.39, 0.29) is 0 Å². The average molecular weight is 323 g/mol. The van der Waals surface area contributed by atoms with Crippen molar-refractivity contribution in [3.63, 3.8) is 0 Å². The van der Waals surface area contributed by atoms with Crippen molar-refractivity contribution in [2.24, 2.45) is 0 Å². The van der Waals surface area contributed by atoms with Crippen LogP contribution in [0.25, 0.3) is 0 Å². The molecule has 44 valence electrons. The number of hydrogen-bond acceptors (Lipinski definition) is 0. The monoisotopic (exact) mass is 323 g/mol. The summed E-state index contributed by atoms with van der Waals surface area (Å²) >= 11 is 1.19. The van der Waals surface area contributed by atoms with Gasteiger partial charge in [-0.15, -0.1) is 0 Å². The molecule has 0 fully saturated rings. The third-order valence-electron chi connectivity index (χ3n) is 0.937. The Hall–Kier alpha value is 1.33. The predicted molar refractivity (Wildman–Crippen MR) is 39.0 cm³/mol. The second-order valence-corrected chi connectivity index (χ2v) is 10.1. The maximum atomic E-state index is 2.63. The molecule has 1 aliphatic rings. The van der Waals surface area contributed by atoms with E-state index in [1.165, 1.54) is 0 Å². The fourth-order valence-corrected chi connectivity index (χ4v) is 10.5. The molecule has 0 saturated heterocycles. The molecule has 0 N–H and O–H groups in total. The molecule has 0 aromatic carbocycles. The van der Waals surface area contributed by atoms with Gasteiger partial charge in [0.25, 0.3) is 0 Å². The maximum absolute atomic E-state index is 2.63. The Kier molecular flexibility index (Phi) is 3.11. The van der Waals surface area contributed by atoms with Gasteiger partial charge in [-0.05, 0) is 0 Å². The molecular weight excluding hydrogens is 314 g/mol. The summed E-state index contributed by atoms with van der Waals surface area (Å²) in [6.45, 7) is 2.40. The molecule has 0 saturated carbocycles. The fourth-order valence-electron chi connectivity index (χ4n) is 0.433. The van der Waals surface area contributed by atoms with Crippen LogP contribution in [0.4, 0.5) is 0 Å². The summed E-state index contributed by atoms with van der Waals surface area (Å²) in [7, 11) is 0. The molecule has 1 aliphatic heterocycles. The quantitative estimate of drug-likeness (QED) is 0.380. The summed E-state index contributed by atoms with van der Waals surface area (Å²) in [6.07, 6.45) is 1.55. The standard InChI is InChI=1S/C5H9I2/c1-5-2-3-6-4-7-5/h4-5H,2-3H2,1H3/q-1. The molecule has 0 spiro atoms. The van der Waals surface area contributed by atoms with Crippen LogP contribution >= 0.6 is 20.7 Å². The normalized spacial score (nSPS) is 33.0. The molecule has 0 nitrogen and oxygen atoms in total. The molecule has 0 aliphatic carbocycles. The van der Waals surface area contributed by atoms with Gasteiger partial charge in [0.05, 0.1) is 0 Å². The first-order valence-electron chi connectivity index (χ1n) is 2.41. The Balaban J connectivity index is 2.32. The molecule has 0 aromatic rings. The number of halogens is 2. The SMILES string of the molecule is CC1CCI=C[I-]1. The van der Waals surface area contributed by atoms with Crippen molar-refractivity contribution >= 4 is 22.7 Å². The third kappa shape index (κ3) is 2.39. The molecule has 7 heavy (non-hydrogen) atoms. The van der Waals surface area contributed by atoms with Crippen LogP contribution in [0.3, 0.4) is 0 Å². The number of alkyl halides is 2. The van der Waals surface area contributed by atoms with E-state index in [4.69, 9.17) is 0 Å². The van der Waals surface area contributed by atoms with Gasteiger partial charge >= 0.3 is 65.7 Å². The first kappa shape index (κ1) is 6.45. The van der Waals surface area contributed by atoms with Gasteiger partial charge in [-0.3, -0.25) is 0 Å². The number of hydrogen-bond donors (Lipinski definition) is 0. The van der Waals surface area contributed by atoms with Crippen molar-refractivity contribution in [1.82, 2.24) is 0 Å². The van der Waals surface area contributed by atoms with E-state index in [1.807, 2.05) is 0 Å². The van der Waals surface area contributed by atoms with E-state index < -0.39 is 0 Å². The van der Waals surface area contributed by atoms with Crippen LogP contribution < -0.4 is 21.2 Å². The zero-order chi connectivity index (χ0) is 5.11. The van der Waals surface area contributed by atoms with E-state index >= 15 is 0 Å². The van der Waals surface area contributed by atoms with Crippen LogP contribution in [0, 0.1) is 0 Å². The van der Waals surface area contributed by atoms with E-state index in [2.05, 4.69) is 8.94 Å². The van der Waals surface area contributed by atoms with E-state index in [0.29, 0.717) is 41.9 Å². The zero-order valence-electron chi connectivity index (χ0n) is 4.32. The van der Waals surface area contributed by atoms with Gasteiger partial charge in [0.15, 0.2) is 0 Å². The van der Waals surface area contributed by atoms with Crippen molar-refractivity contribution in [3.05, 3.63) is 0 Å². The van der Waals surface area contributed by atoms with E-state index in [1.54, 1.807) is 10.8 Å². The van der Waals surface area contributed by atoms with Gasteiger partial charge in [0.1, 0.15) is 0 Å². The van der Waals surface area contributed by atoms with Crippen LogP contribution in [0.2, 0.25) is 0 Å². The molecule has 1 rings (SSSR count). The average Bonchev–Trinajstić information content (AvgIpc) is 1.69. The van der Waals surface area contributed by atoms with Crippen LogP contribution in [0.1, 0.15) is 13.3 Å². The van der Waals surface area contributed by atoms with Crippen LogP contribution in [-0.4, -0.2) is 10.4 Å². The molecular formula is C5H9I2-. The van der Waals surface area contributed by atoms with Gasteiger partial charge in [0, 0.05) is 0 Å². The van der Waals surface area contributed by atoms with Gasteiger partial charge < -0.3 is 0 Å².